The minimum atomic E-state index is -1.26. The minimum Gasteiger partial charge on any atom is -0.508 e. The Hall–Kier alpha value is -2.99. The number of aromatic nitrogens is 4. The van der Waals surface area contributed by atoms with Gasteiger partial charge in [0.15, 0.2) is 17.7 Å². The van der Waals surface area contributed by atoms with E-state index in [2.05, 4.69) is 20.3 Å². The zero-order valence-corrected chi connectivity index (χ0v) is 15.4. The molecule has 3 aromatic rings. The van der Waals surface area contributed by atoms with Crippen LogP contribution in [0, 0.1) is 0 Å². The summed E-state index contributed by atoms with van der Waals surface area (Å²) < 4.78 is 7.01. The van der Waals surface area contributed by atoms with Crippen LogP contribution >= 0.6 is 0 Å². The van der Waals surface area contributed by atoms with Crippen molar-refractivity contribution in [2.45, 2.75) is 31.0 Å². The monoisotopic (exact) mass is 402 g/mol. The SMILES string of the molecule is Nc1nc(NCCc2ccc(O)cc2)nc2c1ncn2[C@@H]1O[C@H](CO)C(O)C1O. The molecular formula is C18H22N6O5. The van der Waals surface area contributed by atoms with Crippen molar-refractivity contribution in [2.75, 3.05) is 24.2 Å². The number of hydrogen-bond donors (Lipinski definition) is 6. The van der Waals surface area contributed by atoms with Crippen molar-refractivity contribution in [2.24, 2.45) is 0 Å². The van der Waals surface area contributed by atoms with Gasteiger partial charge in [0.2, 0.25) is 5.95 Å². The number of rotatable bonds is 6. The molecule has 0 aliphatic carbocycles. The highest BCUT2D eigenvalue weighted by molar-refractivity contribution is 5.83. The lowest BCUT2D eigenvalue weighted by molar-refractivity contribution is -0.0511. The summed E-state index contributed by atoms with van der Waals surface area (Å²) in [5.41, 5.74) is 7.70. The summed E-state index contributed by atoms with van der Waals surface area (Å²) >= 11 is 0. The fourth-order valence-electron chi connectivity index (χ4n) is 3.29. The molecule has 3 heterocycles. The first kappa shape index (κ1) is 19.3. The minimum absolute atomic E-state index is 0.160. The van der Waals surface area contributed by atoms with E-state index >= 15 is 0 Å². The zero-order chi connectivity index (χ0) is 20.5. The van der Waals surface area contributed by atoms with Crippen molar-refractivity contribution in [1.29, 1.82) is 0 Å². The molecule has 154 valence electrons. The zero-order valence-electron chi connectivity index (χ0n) is 15.4. The fraction of sp³-hybridized carbons (Fsp3) is 0.389. The predicted molar refractivity (Wildman–Crippen MR) is 103 cm³/mol. The van der Waals surface area contributed by atoms with Crippen LogP contribution in [0.3, 0.4) is 0 Å². The van der Waals surface area contributed by atoms with Gasteiger partial charge in [-0.2, -0.15) is 9.97 Å². The second-order valence-electron chi connectivity index (χ2n) is 6.83. The molecule has 2 unspecified atom stereocenters. The molecule has 4 atom stereocenters. The van der Waals surface area contributed by atoms with Crippen LogP contribution in [-0.4, -0.2) is 71.4 Å². The van der Waals surface area contributed by atoms with Gasteiger partial charge < -0.3 is 36.2 Å². The van der Waals surface area contributed by atoms with Gasteiger partial charge in [-0.15, -0.1) is 0 Å². The van der Waals surface area contributed by atoms with Crippen LogP contribution < -0.4 is 11.1 Å². The number of fused-ring (bicyclic) bond motifs is 1. The Kier molecular flexibility index (Phi) is 5.20. The maximum Gasteiger partial charge on any atom is 0.226 e. The van der Waals surface area contributed by atoms with Gasteiger partial charge in [-0.1, -0.05) is 12.1 Å². The normalized spacial score (nSPS) is 24.2. The number of benzene rings is 1. The van der Waals surface area contributed by atoms with Crippen molar-refractivity contribution < 1.29 is 25.2 Å². The standard InChI is InChI=1S/C18H22N6O5/c19-15-12-16(24(8-21-12)17-14(28)13(27)11(7-25)29-17)23-18(22-15)20-6-5-9-1-3-10(26)4-2-9/h1-4,8,11,13-14,17,25-28H,5-7H2,(H3,19,20,22,23)/t11-,13?,14?,17-/m1/s1. The van der Waals surface area contributed by atoms with Crippen molar-refractivity contribution in [1.82, 2.24) is 19.5 Å². The highest BCUT2D eigenvalue weighted by Crippen LogP contribution is 2.32. The van der Waals surface area contributed by atoms with Gasteiger partial charge in [0.1, 0.15) is 29.6 Å². The van der Waals surface area contributed by atoms with Gasteiger partial charge in [-0.3, -0.25) is 4.57 Å². The third-order valence-corrected chi connectivity index (χ3v) is 4.87. The summed E-state index contributed by atoms with van der Waals surface area (Å²) in [4.78, 5) is 12.8. The molecule has 11 nitrogen and oxygen atoms in total. The summed E-state index contributed by atoms with van der Waals surface area (Å²) in [6.45, 7) is 0.0975. The Morgan fingerprint density at radius 3 is 2.59 bits per heavy atom. The van der Waals surface area contributed by atoms with Crippen LogP contribution in [0.5, 0.6) is 5.75 Å². The third-order valence-electron chi connectivity index (χ3n) is 4.87. The summed E-state index contributed by atoms with van der Waals surface area (Å²) in [5, 5.41) is 42.0. The molecule has 1 aliphatic heterocycles. The highest BCUT2D eigenvalue weighted by atomic mass is 16.6. The van der Waals surface area contributed by atoms with E-state index in [1.807, 2.05) is 12.1 Å². The maximum absolute atomic E-state index is 10.3. The molecule has 1 aliphatic rings. The number of anilines is 2. The number of nitrogens with two attached hydrogens (primary N) is 1. The van der Waals surface area contributed by atoms with E-state index in [0.717, 1.165) is 5.56 Å². The quantitative estimate of drug-likeness (QED) is 0.312. The van der Waals surface area contributed by atoms with Crippen molar-refractivity contribution >= 4 is 22.9 Å². The molecule has 0 amide bonds. The molecule has 0 bridgehead atoms. The predicted octanol–water partition coefficient (Wildman–Crippen LogP) is -0.620. The summed E-state index contributed by atoms with van der Waals surface area (Å²) in [6, 6.07) is 6.89. The van der Waals surface area contributed by atoms with E-state index in [-0.39, 0.29) is 17.5 Å². The highest BCUT2D eigenvalue weighted by Gasteiger charge is 2.44. The average molecular weight is 402 g/mol. The molecular weight excluding hydrogens is 380 g/mol. The van der Waals surface area contributed by atoms with Gasteiger partial charge in [-0.05, 0) is 24.1 Å². The van der Waals surface area contributed by atoms with E-state index in [1.54, 1.807) is 12.1 Å². The number of nitrogens with one attached hydrogen (secondary N) is 1. The van der Waals surface area contributed by atoms with Crippen LogP contribution in [0.15, 0.2) is 30.6 Å². The molecule has 11 heteroatoms. The number of aromatic hydroxyl groups is 1. The molecule has 1 aromatic carbocycles. The lowest BCUT2D eigenvalue weighted by Crippen LogP contribution is -2.33. The van der Waals surface area contributed by atoms with E-state index in [9.17, 15) is 20.4 Å². The Bertz CT molecular complexity index is 994. The number of nitrogen functional groups attached to an aromatic ring is 1. The van der Waals surface area contributed by atoms with Gasteiger partial charge in [0.05, 0.1) is 12.9 Å². The van der Waals surface area contributed by atoms with E-state index < -0.39 is 31.1 Å². The number of hydrogen-bond acceptors (Lipinski definition) is 10. The fourth-order valence-corrected chi connectivity index (χ4v) is 3.29. The largest absolute Gasteiger partial charge is 0.508 e. The van der Waals surface area contributed by atoms with Gasteiger partial charge in [0, 0.05) is 6.54 Å². The van der Waals surface area contributed by atoms with Crippen LogP contribution in [0.25, 0.3) is 11.2 Å². The van der Waals surface area contributed by atoms with Crippen molar-refractivity contribution in [3.63, 3.8) is 0 Å². The molecule has 1 saturated heterocycles. The second kappa shape index (κ2) is 7.79. The lowest BCUT2D eigenvalue weighted by atomic mass is 10.1. The van der Waals surface area contributed by atoms with E-state index in [4.69, 9.17) is 10.5 Å². The number of aliphatic hydroxyl groups is 3. The smallest absolute Gasteiger partial charge is 0.226 e. The van der Waals surface area contributed by atoms with Gasteiger partial charge >= 0.3 is 0 Å². The van der Waals surface area contributed by atoms with Crippen LogP contribution in [-0.2, 0) is 11.2 Å². The van der Waals surface area contributed by atoms with Crippen LogP contribution in [0.1, 0.15) is 11.8 Å². The number of phenolic OH excluding ortho intramolecular Hbond substituents is 1. The molecule has 0 saturated carbocycles. The number of phenols is 1. The maximum atomic E-state index is 10.3. The van der Waals surface area contributed by atoms with Gasteiger partial charge in [-0.25, -0.2) is 4.98 Å². The van der Waals surface area contributed by atoms with Crippen LogP contribution in [0.4, 0.5) is 11.8 Å². The first-order chi connectivity index (χ1) is 14.0. The Morgan fingerprint density at radius 1 is 1.14 bits per heavy atom. The topological polar surface area (TPSA) is 172 Å². The van der Waals surface area contributed by atoms with Crippen LogP contribution in [0.2, 0.25) is 0 Å². The number of aliphatic hydroxyl groups excluding tert-OH is 3. The molecule has 29 heavy (non-hydrogen) atoms. The molecule has 0 radical (unpaired) electrons. The molecule has 2 aromatic heterocycles. The molecule has 1 fully saturated rings. The summed E-state index contributed by atoms with van der Waals surface area (Å²) in [6.07, 6.45) is -2.29. The lowest BCUT2D eigenvalue weighted by Gasteiger charge is -2.16. The van der Waals surface area contributed by atoms with Crippen molar-refractivity contribution in [3.05, 3.63) is 36.2 Å². The Morgan fingerprint density at radius 2 is 1.90 bits per heavy atom. The average Bonchev–Trinajstić information content (AvgIpc) is 3.25. The summed E-state index contributed by atoms with van der Waals surface area (Å²) in [5.74, 6) is 0.649. The molecule has 0 spiro atoms. The number of ether oxygens (including phenoxy) is 1. The third kappa shape index (κ3) is 3.68. The Balaban J connectivity index is 1.54. The first-order valence-corrected chi connectivity index (χ1v) is 9.12. The summed E-state index contributed by atoms with van der Waals surface area (Å²) in [7, 11) is 0. The van der Waals surface area contributed by atoms with E-state index in [0.29, 0.717) is 24.1 Å². The molecule has 7 N–H and O–H groups in total. The number of imidazole rings is 1. The molecule has 4 rings (SSSR count). The van der Waals surface area contributed by atoms with E-state index in [1.165, 1.54) is 10.9 Å². The Labute approximate surface area is 165 Å². The first-order valence-electron chi connectivity index (χ1n) is 9.12. The number of nitrogens with zero attached hydrogens (tertiary/aromatic N) is 4. The van der Waals surface area contributed by atoms with Gasteiger partial charge in [0.25, 0.3) is 0 Å². The van der Waals surface area contributed by atoms with Crippen molar-refractivity contribution in [3.8, 4) is 5.75 Å². The second-order valence-corrected chi connectivity index (χ2v) is 6.83.